The summed E-state index contributed by atoms with van der Waals surface area (Å²) >= 11 is 0. The third-order valence-corrected chi connectivity index (χ3v) is 4.59. The number of aryl methyl sites for hydroxylation is 2. The Hall–Kier alpha value is -4.27. The van der Waals surface area contributed by atoms with Gasteiger partial charge in [-0.05, 0) is 23.8 Å². The Morgan fingerprint density at radius 1 is 1.31 bits per heavy atom. The summed E-state index contributed by atoms with van der Waals surface area (Å²) in [6, 6.07) is 7.75. The van der Waals surface area contributed by atoms with Crippen LogP contribution in [0.3, 0.4) is 0 Å². The summed E-state index contributed by atoms with van der Waals surface area (Å²) in [6.45, 7) is 7.93. The minimum absolute atomic E-state index is 0.360. The van der Waals surface area contributed by atoms with Crippen LogP contribution in [0.2, 0.25) is 0 Å². The Labute approximate surface area is 187 Å². The van der Waals surface area contributed by atoms with Crippen LogP contribution >= 0.6 is 0 Å². The molecule has 0 radical (unpaired) electrons. The molecule has 9 heteroatoms. The van der Waals surface area contributed by atoms with Crippen molar-refractivity contribution in [1.82, 2.24) is 24.2 Å². The predicted octanol–water partition coefficient (Wildman–Crippen LogP) is 3.34. The van der Waals surface area contributed by atoms with Gasteiger partial charge in [-0.1, -0.05) is 25.3 Å². The normalized spacial score (nSPS) is 11.0. The van der Waals surface area contributed by atoms with Gasteiger partial charge in [0.15, 0.2) is 5.82 Å². The molecule has 166 valence electrons. The predicted molar refractivity (Wildman–Crippen MR) is 126 cm³/mol. The van der Waals surface area contributed by atoms with Crippen LogP contribution in [0.4, 0.5) is 11.4 Å². The number of ether oxygens (including phenoxy) is 1. The molecule has 0 aliphatic carbocycles. The highest BCUT2D eigenvalue weighted by molar-refractivity contribution is 5.76. The average molecular weight is 434 g/mol. The molecule has 1 amide bonds. The molecular weight excluding hydrogens is 406 g/mol. The van der Waals surface area contributed by atoms with E-state index in [4.69, 9.17) is 4.74 Å². The first-order valence-electron chi connectivity index (χ1n) is 9.86. The summed E-state index contributed by atoms with van der Waals surface area (Å²) in [5, 5.41) is 10.7. The van der Waals surface area contributed by atoms with Gasteiger partial charge in [-0.25, -0.2) is 4.98 Å². The number of allylic oxidation sites excluding steroid dienone is 1. The van der Waals surface area contributed by atoms with Crippen LogP contribution in [-0.2, 0) is 25.4 Å². The van der Waals surface area contributed by atoms with Gasteiger partial charge in [-0.2, -0.15) is 0 Å². The fourth-order valence-corrected chi connectivity index (χ4v) is 3.09. The van der Waals surface area contributed by atoms with E-state index < -0.39 is 0 Å². The average Bonchev–Trinajstić information content (AvgIpc) is 3.37. The zero-order valence-electron chi connectivity index (χ0n) is 18.4. The summed E-state index contributed by atoms with van der Waals surface area (Å²) in [7, 11) is 5.24. The van der Waals surface area contributed by atoms with Gasteiger partial charge < -0.3 is 24.8 Å². The fraction of sp³-hybridized carbons (Fsp3) is 0.174. The van der Waals surface area contributed by atoms with Crippen LogP contribution in [0.15, 0.2) is 74.0 Å². The molecule has 2 heterocycles. The second-order valence-corrected chi connectivity index (χ2v) is 7.09. The Morgan fingerprint density at radius 3 is 2.78 bits per heavy atom. The number of rotatable bonds is 11. The number of nitrogens with one attached hydrogen (secondary N) is 2. The number of nitrogens with zero attached hydrogens (tertiary/aromatic N) is 5. The number of aromatic nitrogens is 4. The topological polar surface area (TPSA) is 89.2 Å². The maximum atomic E-state index is 11.9. The number of anilines is 2. The molecule has 0 aliphatic rings. The van der Waals surface area contributed by atoms with Crippen molar-refractivity contribution in [2.45, 2.75) is 6.54 Å². The van der Waals surface area contributed by atoms with E-state index in [1.54, 1.807) is 48.4 Å². The van der Waals surface area contributed by atoms with E-state index >= 15 is 0 Å². The number of carbonyl (C=O) groups excluding carboxylic acids is 1. The third kappa shape index (κ3) is 5.45. The van der Waals surface area contributed by atoms with Gasteiger partial charge in [-0.3, -0.25) is 9.48 Å². The van der Waals surface area contributed by atoms with Crippen molar-refractivity contribution in [2.24, 2.45) is 14.1 Å². The van der Waals surface area contributed by atoms with Crippen LogP contribution in [-0.4, -0.2) is 37.8 Å². The smallest absolute Gasteiger partial charge is 0.256 e. The molecule has 3 aromatic rings. The molecule has 0 spiro atoms. The number of hydrogen-bond acceptors (Lipinski definition) is 6. The van der Waals surface area contributed by atoms with E-state index in [0.717, 1.165) is 17.7 Å². The molecule has 9 nitrogen and oxygen atoms in total. The zero-order chi connectivity index (χ0) is 23.1. The van der Waals surface area contributed by atoms with Crippen LogP contribution < -0.4 is 15.4 Å². The molecule has 32 heavy (non-hydrogen) atoms. The van der Waals surface area contributed by atoms with Crippen LogP contribution in [0.1, 0.15) is 11.4 Å². The molecule has 0 saturated carbocycles. The molecule has 0 atom stereocenters. The molecule has 0 bridgehead atoms. The lowest BCUT2D eigenvalue weighted by atomic mass is 10.2. The lowest BCUT2D eigenvalue weighted by Crippen LogP contribution is -2.18. The highest BCUT2D eigenvalue weighted by Gasteiger charge is 2.15. The molecule has 2 N–H and O–H groups in total. The maximum absolute atomic E-state index is 11.9. The summed E-state index contributed by atoms with van der Waals surface area (Å²) in [6.07, 6.45) is 9.45. The zero-order valence-corrected chi connectivity index (χ0v) is 18.4. The largest absolute Gasteiger partial charge is 0.478 e. The van der Waals surface area contributed by atoms with Crippen molar-refractivity contribution < 1.29 is 9.53 Å². The Morgan fingerprint density at radius 2 is 2.12 bits per heavy atom. The molecular formula is C23H27N7O2. The lowest BCUT2D eigenvalue weighted by Gasteiger charge is -2.17. The van der Waals surface area contributed by atoms with Gasteiger partial charge >= 0.3 is 0 Å². The van der Waals surface area contributed by atoms with E-state index in [0.29, 0.717) is 35.3 Å². The number of carbonyl (C=O) groups is 1. The number of methoxy groups -OCH3 is 1. The van der Waals surface area contributed by atoms with Crippen molar-refractivity contribution in [3.8, 4) is 5.88 Å². The highest BCUT2D eigenvalue weighted by atomic mass is 16.5. The monoisotopic (exact) mass is 433 g/mol. The Bertz CT molecular complexity index is 1140. The quantitative estimate of drug-likeness (QED) is 0.356. The third-order valence-electron chi connectivity index (χ3n) is 4.59. The lowest BCUT2D eigenvalue weighted by molar-refractivity contribution is -0.116. The minimum atomic E-state index is 0.360. The van der Waals surface area contributed by atoms with Crippen LogP contribution in [0, 0.1) is 0 Å². The first kappa shape index (κ1) is 22.4. The Balaban J connectivity index is 1.90. The van der Waals surface area contributed by atoms with E-state index in [-0.39, 0.29) is 0 Å². The molecule has 0 aliphatic heterocycles. The van der Waals surface area contributed by atoms with E-state index in [1.807, 2.05) is 42.1 Å². The second-order valence-electron chi connectivity index (χ2n) is 7.09. The second kappa shape index (κ2) is 10.2. The van der Waals surface area contributed by atoms with Gasteiger partial charge in [0.05, 0.1) is 25.5 Å². The van der Waals surface area contributed by atoms with Gasteiger partial charge in [0.25, 0.3) is 5.88 Å². The molecule has 0 unspecified atom stereocenters. The van der Waals surface area contributed by atoms with Crippen molar-refractivity contribution in [1.29, 1.82) is 0 Å². The summed E-state index contributed by atoms with van der Waals surface area (Å²) < 4.78 is 8.84. The molecule has 3 rings (SSSR count). The maximum Gasteiger partial charge on any atom is 0.256 e. The van der Waals surface area contributed by atoms with Gasteiger partial charge in [0, 0.05) is 44.1 Å². The number of amides is 1. The first-order chi connectivity index (χ1) is 15.4. The first-order valence-corrected chi connectivity index (χ1v) is 9.86. The minimum Gasteiger partial charge on any atom is -0.478 e. The van der Waals surface area contributed by atoms with Crippen molar-refractivity contribution >= 4 is 23.5 Å². The summed E-state index contributed by atoms with van der Waals surface area (Å²) in [5.74, 6) is 1.09. The molecule has 1 aromatic carbocycles. The molecule has 2 aromatic heterocycles. The van der Waals surface area contributed by atoms with Crippen molar-refractivity contribution in [3.63, 3.8) is 0 Å². The van der Waals surface area contributed by atoms with E-state index in [9.17, 15) is 4.79 Å². The summed E-state index contributed by atoms with van der Waals surface area (Å²) in [5.41, 5.74) is 3.77. The van der Waals surface area contributed by atoms with E-state index in [2.05, 4.69) is 33.9 Å². The van der Waals surface area contributed by atoms with Crippen LogP contribution in [0.25, 0.3) is 5.70 Å². The van der Waals surface area contributed by atoms with E-state index in [1.165, 1.54) is 0 Å². The SMILES string of the molecule is C=CC(=C)Nc1cccc(CN(C=O)/C=C(/Nc2cn(C)nc2OC)c2nccn2C)c1. The summed E-state index contributed by atoms with van der Waals surface area (Å²) in [4.78, 5) is 17.9. The number of hydrogen-bond donors (Lipinski definition) is 2. The Kier molecular flexibility index (Phi) is 7.12. The molecule has 0 fully saturated rings. The number of imidazole rings is 1. The molecule has 0 saturated heterocycles. The van der Waals surface area contributed by atoms with Gasteiger partial charge in [-0.15, -0.1) is 5.10 Å². The highest BCUT2D eigenvalue weighted by Crippen LogP contribution is 2.26. The standard InChI is InChI=1S/C23H27N7O2/c1-6-17(2)25-19-9-7-8-18(12-19)13-30(16-31)15-20(22-24-10-11-28(22)3)26-21-14-29(4)27-23(21)32-5/h6-12,14-16,25-26H,1-2,13H2,3-5H3/b20-15+. The number of benzene rings is 1. The fourth-order valence-electron chi connectivity index (χ4n) is 3.09. The van der Waals surface area contributed by atoms with Gasteiger partial charge in [0.1, 0.15) is 5.69 Å². The van der Waals surface area contributed by atoms with Crippen LogP contribution in [0.5, 0.6) is 5.88 Å². The van der Waals surface area contributed by atoms with Crippen molar-refractivity contribution in [2.75, 3.05) is 17.7 Å². The van der Waals surface area contributed by atoms with Crippen molar-refractivity contribution in [3.05, 3.63) is 85.4 Å². The van der Waals surface area contributed by atoms with Gasteiger partial charge in [0.2, 0.25) is 6.41 Å².